The summed E-state index contributed by atoms with van der Waals surface area (Å²) < 4.78 is 12.9. The van der Waals surface area contributed by atoms with Gasteiger partial charge in [0.15, 0.2) is 0 Å². The van der Waals surface area contributed by atoms with Gasteiger partial charge in [-0.2, -0.15) is 0 Å². The number of carbonyl (C=O) groups is 1. The van der Waals surface area contributed by atoms with Gasteiger partial charge in [0.2, 0.25) is 0 Å². The third-order valence-corrected chi connectivity index (χ3v) is 2.48. The Hall–Kier alpha value is -1.90. The molecule has 1 N–H and O–H groups in total. The number of rotatable bonds is 1. The fraction of sp³-hybridized carbons (Fsp3) is 0.0833. The van der Waals surface area contributed by atoms with Crippen LogP contribution in [0.5, 0.6) is 0 Å². The maximum Gasteiger partial charge on any atom is 0.335 e. The van der Waals surface area contributed by atoms with Crippen molar-refractivity contribution in [2.24, 2.45) is 0 Å². The van der Waals surface area contributed by atoms with Crippen LogP contribution in [0, 0.1) is 12.7 Å². The zero-order valence-electron chi connectivity index (χ0n) is 8.12. The van der Waals surface area contributed by atoms with Crippen LogP contribution in [0.1, 0.15) is 15.9 Å². The van der Waals surface area contributed by atoms with E-state index in [1.54, 1.807) is 19.1 Å². The summed E-state index contributed by atoms with van der Waals surface area (Å²) in [6.45, 7) is 1.73. The number of fused-ring (bicyclic) bond motifs is 1. The molecule has 0 aliphatic rings. The van der Waals surface area contributed by atoms with Crippen LogP contribution in [0.4, 0.5) is 4.39 Å². The van der Waals surface area contributed by atoms with Gasteiger partial charge >= 0.3 is 5.97 Å². The topological polar surface area (TPSA) is 37.3 Å². The smallest absolute Gasteiger partial charge is 0.335 e. The highest BCUT2D eigenvalue weighted by atomic mass is 19.1. The number of carboxylic acid groups (broad SMARTS) is 1. The highest BCUT2D eigenvalue weighted by molar-refractivity contribution is 5.97. The van der Waals surface area contributed by atoms with Gasteiger partial charge in [0.1, 0.15) is 5.82 Å². The number of hydrogen-bond acceptors (Lipinski definition) is 1. The van der Waals surface area contributed by atoms with Gasteiger partial charge in [0.25, 0.3) is 0 Å². The van der Waals surface area contributed by atoms with Crippen LogP contribution in [0.15, 0.2) is 30.3 Å². The van der Waals surface area contributed by atoms with E-state index in [2.05, 4.69) is 0 Å². The highest BCUT2D eigenvalue weighted by Gasteiger charge is 2.09. The second-order valence-corrected chi connectivity index (χ2v) is 3.41. The number of hydrogen-bond donors (Lipinski definition) is 1. The fourth-order valence-electron chi connectivity index (χ4n) is 1.69. The molecule has 2 nitrogen and oxygen atoms in total. The van der Waals surface area contributed by atoms with Crippen molar-refractivity contribution in [3.63, 3.8) is 0 Å². The first-order valence-corrected chi connectivity index (χ1v) is 4.52. The van der Waals surface area contributed by atoms with E-state index in [1.165, 1.54) is 18.2 Å². The number of aryl methyl sites for hydroxylation is 1. The average Bonchev–Trinajstić information content (AvgIpc) is 2.17. The van der Waals surface area contributed by atoms with E-state index in [9.17, 15) is 9.18 Å². The largest absolute Gasteiger partial charge is 0.478 e. The molecule has 0 fully saturated rings. The molecule has 0 aliphatic carbocycles. The lowest BCUT2D eigenvalue weighted by Gasteiger charge is -2.05. The molecule has 2 aromatic rings. The summed E-state index contributed by atoms with van der Waals surface area (Å²) in [6.07, 6.45) is 0. The van der Waals surface area contributed by atoms with E-state index < -0.39 is 5.97 Å². The molecule has 76 valence electrons. The number of aromatic carboxylic acids is 1. The molecule has 0 radical (unpaired) electrons. The lowest BCUT2D eigenvalue weighted by Crippen LogP contribution is -1.99. The predicted octanol–water partition coefficient (Wildman–Crippen LogP) is 2.99. The molecule has 0 saturated heterocycles. The quantitative estimate of drug-likeness (QED) is 0.775. The van der Waals surface area contributed by atoms with E-state index in [4.69, 9.17) is 5.11 Å². The molecule has 3 heteroatoms. The number of halogens is 1. The van der Waals surface area contributed by atoms with Crippen molar-refractivity contribution < 1.29 is 14.3 Å². The van der Waals surface area contributed by atoms with Crippen molar-refractivity contribution in [2.45, 2.75) is 6.92 Å². The molecule has 2 aromatic carbocycles. The molecular formula is C12H9FO2. The lowest BCUT2D eigenvalue weighted by molar-refractivity contribution is 0.0696. The van der Waals surface area contributed by atoms with Gasteiger partial charge in [-0.3, -0.25) is 0 Å². The molecule has 0 saturated carbocycles. The van der Waals surface area contributed by atoms with Crippen molar-refractivity contribution in [3.8, 4) is 0 Å². The second kappa shape index (κ2) is 3.35. The second-order valence-electron chi connectivity index (χ2n) is 3.41. The Balaban J connectivity index is 2.80. The minimum atomic E-state index is -0.960. The van der Waals surface area contributed by atoms with Gasteiger partial charge < -0.3 is 5.11 Å². The van der Waals surface area contributed by atoms with Gasteiger partial charge in [-0.15, -0.1) is 0 Å². The zero-order chi connectivity index (χ0) is 11.0. The van der Waals surface area contributed by atoms with Gasteiger partial charge in [-0.1, -0.05) is 12.1 Å². The van der Waals surface area contributed by atoms with E-state index in [-0.39, 0.29) is 11.4 Å². The summed E-state index contributed by atoms with van der Waals surface area (Å²) in [6, 6.07) is 7.45. The van der Waals surface area contributed by atoms with Crippen molar-refractivity contribution in [3.05, 3.63) is 47.3 Å². The van der Waals surface area contributed by atoms with E-state index >= 15 is 0 Å². The van der Waals surface area contributed by atoms with Crippen molar-refractivity contribution in [1.29, 1.82) is 0 Å². The first-order chi connectivity index (χ1) is 7.09. The molecule has 0 atom stereocenters. The van der Waals surface area contributed by atoms with Gasteiger partial charge in [0, 0.05) is 0 Å². The lowest BCUT2D eigenvalue weighted by atomic mass is 10.0. The molecule has 0 bridgehead atoms. The number of benzene rings is 2. The van der Waals surface area contributed by atoms with Gasteiger partial charge in [-0.05, 0) is 41.5 Å². The van der Waals surface area contributed by atoms with E-state index in [1.807, 2.05) is 0 Å². The van der Waals surface area contributed by atoms with Crippen molar-refractivity contribution in [1.82, 2.24) is 0 Å². The van der Waals surface area contributed by atoms with Crippen molar-refractivity contribution >= 4 is 16.7 Å². The Kier molecular flexibility index (Phi) is 2.15. The third-order valence-electron chi connectivity index (χ3n) is 2.48. The summed E-state index contributed by atoms with van der Waals surface area (Å²) in [4.78, 5) is 10.9. The molecule has 0 aromatic heterocycles. The molecule has 0 amide bonds. The Morgan fingerprint density at radius 1 is 1.27 bits per heavy atom. The van der Waals surface area contributed by atoms with Crippen molar-refractivity contribution in [2.75, 3.05) is 0 Å². The predicted molar refractivity (Wildman–Crippen MR) is 55.6 cm³/mol. The fourth-order valence-corrected chi connectivity index (χ4v) is 1.69. The monoisotopic (exact) mass is 204 g/mol. The summed E-state index contributed by atoms with van der Waals surface area (Å²) >= 11 is 0. The maximum absolute atomic E-state index is 12.9. The Morgan fingerprint density at radius 3 is 2.67 bits per heavy atom. The Morgan fingerprint density at radius 2 is 2.00 bits per heavy atom. The van der Waals surface area contributed by atoms with Crippen LogP contribution in [0.2, 0.25) is 0 Å². The first kappa shape index (κ1) is 9.65. The minimum absolute atomic E-state index is 0.258. The van der Waals surface area contributed by atoms with Crippen LogP contribution in [-0.2, 0) is 0 Å². The molecule has 0 unspecified atom stereocenters. The van der Waals surface area contributed by atoms with Crippen LogP contribution >= 0.6 is 0 Å². The Labute approximate surface area is 86.0 Å². The first-order valence-electron chi connectivity index (χ1n) is 4.52. The summed E-state index contributed by atoms with van der Waals surface area (Å²) in [5, 5.41) is 10.4. The van der Waals surface area contributed by atoms with Crippen LogP contribution in [-0.4, -0.2) is 11.1 Å². The Bertz CT molecular complexity index is 547. The third kappa shape index (κ3) is 1.56. The van der Waals surface area contributed by atoms with Crippen LogP contribution in [0.25, 0.3) is 10.8 Å². The zero-order valence-corrected chi connectivity index (χ0v) is 8.12. The normalized spacial score (nSPS) is 10.5. The molecular weight excluding hydrogens is 195 g/mol. The van der Waals surface area contributed by atoms with Crippen LogP contribution in [0.3, 0.4) is 0 Å². The van der Waals surface area contributed by atoms with E-state index in [0.29, 0.717) is 5.56 Å². The highest BCUT2D eigenvalue weighted by Crippen LogP contribution is 2.22. The molecule has 0 spiro atoms. The number of carboxylic acids is 1. The molecule has 15 heavy (non-hydrogen) atoms. The minimum Gasteiger partial charge on any atom is -0.478 e. The van der Waals surface area contributed by atoms with Gasteiger partial charge in [-0.25, -0.2) is 9.18 Å². The van der Waals surface area contributed by atoms with Gasteiger partial charge in [0.05, 0.1) is 5.56 Å². The average molecular weight is 204 g/mol. The molecule has 0 aliphatic heterocycles. The summed E-state index contributed by atoms with van der Waals surface area (Å²) in [5.74, 6) is -1.27. The SMILES string of the molecule is Cc1c(C(=O)O)ccc2cc(F)ccc12. The summed E-state index contributed by atoms with van der Waals surface area (Å²) in [7, 11) is 0. The molecule has 0 heterocycles. The summed E-state index contributed by atoms with van der Waals surface area (Å²) in [5.41, 5.74) is 0.925. The standard InChI is InChI=1S/C12H9FO2/c1-7-10-5-3-9(13)6-8(10)2-4-11(7)12(14)15/h2-6H,1H3,(H,14,15). The maximum atomic E-state index is 12.9. The van der Waals surface area contributed by atoms with Crippen LogP contribution < -0.4 is 0 Å². The molecule has 2 rings (SSSR count). The van der Waals surface area contributed by atoms with E-state index in [0.717, 1.165) is 10.8 Å².